The van der Waals surface area contributed by atoms with Crippen LogP contribution in [0, 0.1) is 5.92 Å². The number of para-hydroxylation sites is 2. The molecule has 8 atom stereocenters. The molecule has 0 saturated heterocycles. The lowest BCUT2D eigenvalue weighted by atomic mass is 10.00. The first-order valence-electron chi connectivity index (χ1n) is 24.5. The number of nitrogens with two attached hydrogens (primary N) is 1. The second-order valence-electron chi connectivity index (χ2n) is 18.6. The van der Waals surface area contributed by atoms with Gasteiger partial charge < -0.3 is 73.6 Å². The fourth-order valence-corrected chi connectivity index (χ4v) is 8.15. The number of carboxylic acids is 2. The van der Waals surface area contributed by atoms with E-state index in [0.717, 1.165) is 10.9 Å². The fourth-order valence-electron chi connectivity index (χ4n) is 8.15. The Hall–Kier alpha value is -8.64. The molecule has 5 aromatic rings. The molecule has 2 heterocycles. The zero-order chi connectivity index (χ0) is 55.6. The lowest BCUT2D eigenvalue weighted by Crippen LogP contribution is -2.61. The number of aliphatic hydroxyl groups is 1. The number of nitrogens with one attached hydrogen (secondary N) is 10. The third-order valence-electron chi connectivity index (χ3n) is 12.2. The summed E-state index contributed by atoms with van der Waals surface area (Å²) >= 11 is 0. The van der Waals surface area contributed by atoms with Crippen LogP contribution in [0.5, 0.6) is 0 Å². The molecule has 5 rings (SSSR count). The summed E-state index contributed by atoms with van der Waals surface area (Å²) in [5.41, 5.74) is 8.78. The number of H-pyrrole nitrogens is 2. The molecule has 15 N–H and O–H groups in total. The Balaban J connectivity index is 1.47. The Morgan fingerprint density at radius 3 is 1.47 bits per heavy atom. The molecule has 406 valence electrons. The largest absolute Gasteiger partial charge is 0.481 e. The van der Waals surface area contributed by atoms with E-state index >= 15 is 0 Å². The highest BCUT2D eigenvalue weighted by molar-refractivity contribution is 5.98. The standard InChI is InChI=1S/C52H65N11O13/c1-27(2)44(51(75)57-26-43(68)69)62-41(65)25-56-47(71)39(21-31-23-54-35-16-10-8-14-33(31)35)60-50(74)40(22-32-24-55-36-17-11-9-15-34(32)36)61-49(73)38(20-30-12-6-5-7-13-30)59-48(72)37(18-19-42(66)67)58-52(76)45(29(4)64)63-46(70)28(3)53/h5-17,23-24,27-29,37-40,44-45,54-55,64H,18-22,25-26,53H2,1-4H3,(H,56,71)(H,57,75)(H,58,76)(H,59,72)(H,60,74)(H,61,73)(H,62,65)(H,63,70)(H,66,67)(H,68,69)/t28-,29+,37-,38-,39-,40-,44-,45-/m0/s1. The second kappa shape index (κ2) is 27.6. The predicted octanol–water partition coefficient (Wildman–Crippen LogP) is -0.848. The average Bonchev–Trinajstić information content (AvgIpc) is 3.99. The van der Waals surface area contributed by atoms with Gasteiger partial charge in [0.1, 0.15) is 42.8 Å². The summed E-state index contributed by atoms with van der Waals surface area (Å²) in [6.45, 7) is 4.45. The van der Waals surface area contributed by atoms with Crippen LogP contribution in [0.1, 0.15) is 57.2 Å². The minimum atomic E-state index is -1.63. The maximum atomic E-state index is 14.9. The Labute approximate surface area is 436 Å². The van der Waals surface area contributed by atoms with Gasteiger partial charge in [-0.3, -0.25) is 47.9 Å². The van der Waals surface area contributed by atoms with Crippen LogP contribution in [0.25, 0.3) is 21.8 Å². The third-order valence-corrected chi connectivity index (χ3v) is 12.2. The van der Waals surface area contributed by atoms with E-state index in [9.17, 15) is 58.2 Å². The van der Waals surface area contributed by atoms with Crippen molar-refractivity contribution >= 4 is 81.0 Å². The van der Waals surface area contributed by atoms with Crippen LogP contribution < -0.4 is 48.3 Å². The van der Waals surface area contributed by atoms with Gasteiger partial charge in [0.05, 0.1) is 18.7 Å². The van der Waals surface area contributed by atoms with Crippen molar-refractivity contribution in [1.82, 2.24) is 52.5 Å². The Kier molecular flexibility index (Phi) is 21.1. The van der Waals surface area contributed by atoms with E-state index in [4.69, 9.17) is 10.8 Å². The summed E-state index contributed by atoms with van der Waals surface area (Å²) < 4.78 is 0. The number of hydrogen-bond donors (Lipinski definition) is 14. The highest BCUT2D eigenvalue weighted by Crippen LogP contribution is 2.22. The summed E-state index contributed by atoms with van der Waals surface area (Å²) in [6, 6.07) is 12.9. The van der Waals surface area contributed by atoms with Crippen molar-refractivity contribution in [3.63, 3.8) is 0 Å². The number of fused-ring (bicyclic) bond motifs is 2. The number of aliphatic hydroxyl groups excluding tert-OH is 1. The molecule has 8 amide bonds. The summed E-state index contributed by atoms with van der Waals surface area (Å²) in [7, 11) is 0. The van der Waals surface area contributed by atoms with E-state index in [2.05, 4.69) is 52.5 Å². The van der Waals surface area contributed by atoms with Crippen LogP contribution in [0.2, 0.25) is 0 Å². The molecule has 0 fully saturated rings. The van der Waals surface area contributed by atoms with Gasteiger partial charge in [0, 0.05) is 59.9 Å². The van der Waals surface area contributed by atoms with Gasteiger partial charge in [0.2, 0.25) is 47.3 Å². The number of hydrogen-bond acceptors (Lipinski definition) is 12. The molecule has 24 nitrogen and oxygen atoms in total. The molecule has 0 bridgehead atoms. The number of aromatic nitrogens is 2. The molecule has 0 saturated carbocycles. The number of rotatable bonds is 28. The van der Waals surface area contributed by atoms with Crippen molar-refractivity contribution in [2.24, 2.45) is 11.7 Å². The molecular weight excluding hydrogens is 987 g/mol. The van der Waals surface area contributed by atoms with Crippen molar-refractivity contribution in [1.29, 1.82) is 0 Å². The fraction of sp³-hybridized carbons (Fsp3) is 0.385. The zero-order valence-electron chi connectivity index (χ0n) is 42.3. The molecule has 0 radical (unpaired) electrons. The van der Waals surface area contributed by atoms with E-state index in [-0.39, 0.29) is 19.3 Å². The highest BCUT2D eigenvalue weighted by atomic mass is 16.4. The van der Waals surface area contributed by atoms with Crippen LogP contribution in [0.15, 0.2) is 91.3 Å². The van der Waals surface area contributed by atoms with E-state index in [1.165, 1.54) is 13.8 Å². The molecule has 0 unspecified atom stereocenters. The van der Waals surface area contributed by atoms with Gasteiger partial charge in [0.25, 0.3) is 0 Å². The van der Waals surface area contributed by atoms with Crippen LogP contribution in [-0.2, 0) is 67.2 Å². The average molecular weight is 1050 g/mol. The molecule has 0 aliphatic carbocycles. The van der Waals surface area contributed by atoms with Crippen LogP contribution >= 0.6 is 0 Å². The lowest BCUT2D eigenvalue weighted by molar-refractivity contribution is -0.139. The van der Waals surface area contributed by atoms with Crippen LogP contribution in [0.4, 0.5) is 0 Å². The maximum absolute atomic E-state index is 14.9. The Morgan fingerprint density at radius 2 is 0.974 bits per heavy atom. The number of carbonyl (C=O) groups excluding carboxylic acids is 8. The lowest BCUT2D eigenvalue weighted by Gasteiger charge is -2.28. The SMILES string of the molecule is CC(C)[C@H](NC(=O)CNC(=O)[C@H](Cc1c[nH]c2ccccc12)NC(=O)[C@H](Cc1c[nH]c2ccccc12)NC(=O)[C@H](Cc1ccccc1)NC(=O)[C@H](CCC(=O)O)NC(=O)[C@@H](NC(=O)[C@H](C)N)[C@@H](C)O)C(=O)NCC(=O)O. The van der Waals surface area contributed by atoms with Gasteiger partial charge >= 0.3 is 11.9 Å². The number of aromatic amines is 2. The number of aliphatic carboxylic acids is 2. The number of benzene rings is 3. The summed E-state index contributed by atoms with van der Waals surface area (Å²) in [5, 5.41) is 50.5. The maximum Gasteiger partial charge on any atom is 0.322 e. The summed E-state index contributed by atoms with van der Waals surface area (Å²) in [4.78, 5) is 139. The molecular formula is C52H65N11O13. The van der Waals surface area contributed by atoms with Gasteiger partial charge in [-0.15, -0.1) is 0 Å². The van der Waals surface area contributed by atoms with Gasteiger partial charge in [-0.25, -0.2) is 0 Å². The first-order chi connectivity index (χ1) is 36.1. The Morgan fingerprint density at radius 1 is 0.500 bits per heavy atom. The van der Waals surface area contributed by atoms with E-state index in [1.54, 1.807) is 99.0 Å². The smallest absolute Gasteiger partial charge is 0.322 e. The minimum absolute atomic E-state index is 0.135. The van der Waals surface area contributed by atoms with Crippen LogP contribution in [0.3, 0.4) is 0 Å². The van der Waals surface area contributed by atoms with Crippen LogP contribution in [-0.4, -0.2) is 146 Å². The topological polar surface area (TPSA) is 385 Å². The van der Waals surface area contributed by atoms with Crippen molar-refractivity contribution in [2.45, 2.75) is 108 Å². The minimum Gasteiger partial charge on any atom is -0.481 e. The molecule has 0 spiro atoms. The van der Waals surface area contributed by atoms with E-state index in [1.807, 2.05) is 6.07 Å². The third kappa shape index (κ3) is 17.0. The number of amides is 8. The molecule has 76 heavy (non-hydrogen) atoms. The van der Waals surface area contributed by atoms with Crippen molar-refractivity contribution in [3.05, 3.63) is 108 Å². The van der Waals surface area contributed by atoms with Gasteiger partial charge in [-0.2, -0.15) is 0 Å². The van der Waals surface area contributed by atoms with Gasteiger partial charge in [-0.05, 0) is 55.0 Å². The van der Waals surface area contributed by atoms with Crippen molar-refractivity contribution < 1.29 is 63.3 Å². The van der Waals surface area contributed by atoms with E-state index in [0.29, 0.717) is 27.6 Å². The van der Waals surface area contributed by atoms with Gasteiger partial charge in [0.15, 0.2) is 0 Å². The molecule has 0 aliphatic rings. The zero-order valence-corrected chi connectivity index (χ0v) is 42.3. The van der Waals surface area contributed by atoms with E-state index < -0.39 is 139 Å². The molecule has 0 aliphatic heterocycles. The monoisotopic (exact) mass is 1050 g/mol. The normalized spacial score (nSPS) is 14.4. The summed E-state index contributed by atoms with van der Waals surface area (Å²) in [6.07, 6.45) is 0.185. The van der Waals surface area contributed by atoms with Crippen molar-refractivity contribution in [2.75, 3.05) is 13.1 Å². The predicted molar refractivity (Wildman–Crippen MR) is 276 cm³/mol. The van der Waals surface area contributed by atoms with Gasteiger partial charge in [-0.1, -0.05) is 80.6 Å². The molecule has 24 heteroatoms. The molecule has 3 aromatic carbocycles. The number of carbonyl (C=O) groups is 10. The highest BCUT2D eigenvalue weighted by Gasteiger charge is 2.35. The first-order valence-corrected chi connectivity index (χ1v) is 24.5. The second-order valence-corrected chi connectivity index (χ2v) is 18.6. The van der Waals surface area contributed by atoms with Crippen molar-refractivity contribution in [3.8, 4) is 0 Å². The quantitative estimate of drug-likeness (QED) is 0.0290. The first kappa shape index (κ1) is 58.3. The number of carboxylic acid groups (broad SMARTS) is 2. The summed E-state index contributed by atoms with van der Waals surface area (Å²) in [5.74, 6) is -10.2. The molecule has 2 aromatic heterocycles. The Bertz CT molecular complexity index is 2880.